The highest BCUT2D eigenvalue weighted by molar-refractivity contribution is 6.03. The zero-order valence-electron chi connectivity index (χ0n) is 15.0. The third-order valence-corrected chi connectivity index (χ3v) is 4.56. The fourth-order valence-electron chi connectivity index (χ4n) is 3.13. The first-order valence-corrected chi connectivity index (χ1v) is 8.64. The van der Waals surface area contributed by atoms with Gasteiger partial charge in [-0.15, -0.1) is 0 Å². The van der Waals surface area contributed by atoms with Gasteiger partial charge >= 0.3 is 0 Å². The van der Waals surface area contributed by atoms with Crippen molar-refractivity contribution in [1.29, 1.82) is 0 Å². The molecule has 3 aromatic rings. The van der Waals surface area contributed by atoms with Crippen molar-refractivity contribution in [1.82, 2.24) is 9.78 Å². The summed E-state index contributed by atoms with van der Waals surface area (Å²) in [5, 5.41) is 9.60. The zero-order valence-corrected chi connectivity index (χ0v) is 15.0. The predicted octanol–water partition coefficient (Wildman–Crippen LogP) is 3.22. The zero-order chi connectivity index (χ0) is 19.7. The van der Waals surface area contributed by atoms with E-state index in [2.05, 4.69) is 15.7 Å². The Morgan fingerprint density at radius 3 is 2.71 bits per heavy atom. The molecule has 2 aromatic carbocycles. The summed E-state index contributed by atoms with van der Waals surface area (Å²) in [7, 11) is 1.58. The molecule has 1 aliphatic heterocycles. The van der Waals surface area contributed by atoms with Crippen molar-refractivity contribution in [3.8, 4) is 16.9 Å². The van der Waals surface area contributed by atoms with Crippen LogP contribution in [0.1, 0.15) is 12.5 Å². The van der Waals surface area contributed by atoms with Crippen LogP contribution in [0.5, 0.6) is 5.75 Å². The Morgan fingerprint density at radius 2 is 2.00 bits per heavy atom. The van der Waals surface area contributed by atoms with E-state index in [9.17, 15) is 14.0 Å². The van der Waals surface area contributed by atoms with Gasteiger partial charge in [0.15, 0.2) is 0 Å². The second-order valence-corrected chi connectivity index (χ2v) is 6.32. The molecule has 0 radical (unpaired) electrons. The Balaban J connectivity index is 1.66. The lowest BCUT2D eigenvalue weighted by Crippen LogP contribution is -2.36. The molecule has 0 fully saturated rings. The van der Waals surface area contributed by atoms with E-state index in [-0.39, 0.29) is 18.0 Å². The number of methoxy groups -OCH3 is 1. The number of para-hydroxylation sites is 1. The monoisotopic (exact) mass is 380 g/mol. The summed E-state index contributed by atoms with van der Waals surface area (Å²) in [4.78, 5) is 24.9. The molecule has 0 aliphatic carbocycles. The standard InChI is InChI=1S/C20H17FN4O3/c1-28-13-8-6-12(7-9-13)14-11-22-25-17(10-18(26)24-19(14)25)20(27)23-16-5-3-2-4-15(16)21/h2-9,11,17H,10H2,1H3,(H,23,27)(H,24,26)/t17-/m1/s1. The third-order valence-electron chi connectivity index (χ3n) is 4.56. The van der Waals surface area contributed by atoms with E-state index in [0.717, 1.165) is 5.56 Å². The Kier molecular flexibility index (Phi) is 4.52. The van der Waals surface area contributed by atoms with E-state index in [0.29, 0.717) is 17.1 Å². The predicted molar refractivity (Wildman–Crippen MR) is 102 cm³/mol. The maximum Gasteiger partial charge on any atom is 0.249 e. The van der Waals surface area contributed by atoms with Gasteiger partial charge in [-0.1, -0.05) is 24.3 Å². The van der Waals surface area contributed by atoms with Crippen LogP contribution in [0, 0.1) is 5.82 Å². The number of hydrogen-bond donors (Lipinski definition) is 2. The summed E-state index contributed by atoms with van der Waals surface area (Å²) in [6, 6.07) is 12.3. The van der Waals surface area contributed by atoms with Gasteiger partial charge in [-0.3, -0.25) is 9.59 Å². The summed E-state index contributed by atoms with van der Waals surface area (Å²) in [5.74, 6) is -0.233. The highest BCUT2D eigenvalue weighted by Crippen LogP contribution is 2.35. The Hall–Kier alpha value is -3.68. The van der Waals surface area contributed by atoms with Crippen molar-refractivity contribution in [2.75, 3.05) is 17.7 Å². The number of ether oxygens (including phenoxy) is 1. The minimum Gasteiger partial charge on any atom is -0.497 e. The number of anilines is 2. The van der Waals surface area contributed by atoms with Gasteiger partial charge < -0.3 is 15.4 Å². The van der Waals surface area contributed by atoms with E-state index >= 15 is 0 Å². The van der Waals surface area contributed by atoms with Crippen LogP contribution >= 0.6 is 0 Å². The summed E-state index contributed by atoms with van der Waals surface area (Å²) in [5.41, 5.74) is 1.56. The molecule has 8 heteroatoms. The van der Waals surface area contributed by atoms with E-state index in [1.165, 1.54) is 22.9 Å². The Morgan fingerprint density at radius 1 is 1.25 bits per heavy atom. The average molecular weight is 380 g/mol. The topological polar surface area (TPSA) is 85.2 Å². The lowest BCUT2D eigenvalue weighted by atomic mass is 10.1. The van der Waals surface area contributed by atoms with Crippen molar-refractivity contribution in [2.45, 2.75) is 12.5 Å². The molecule has 0 spiro atoms. The number of aromatic nitrogens is 2. The van der Waals surface area contributed by atoms with E-state index < -0.39 is 17.8 Å². The fourth-order valence-corrected chi connectivity index (χ4v) is 3.13. The van der Waals surface area contributed by atoms with Crippen LogP contribution in [0.15, 0.2) is 54.7 Å². The lowest BCUT2D eigenvalue weighted by molar-refractivity contribution is -0.125. The second-order valence-electron chi connectivity index (χ2n) is 6.32. The molecule has 7 nitrogen and oxygen atoms in total. The van der Waals surface area contributed by atoms with Gasteiger partial charge in [0.1, 0.15) is 23.4 Å². The van der Waals surface area contributed by atoms with Crippen LogP contribution in [0.2, 0.25) is 0 Å². The van der Waals surface area contributed by atoms with Crippen molar-refractivity contribution >= 4 is 23.3 Å². The smallest absolute Gasteiger partial charge is 0.249 e. The molecule has 0 saturated carbocycles. The molecule has 4 rings (SSSR count). The van der Waals surface area contributed by atoms with Crippen molar-refractivity contribution < 1.29 is 18.7 Å². The van der Waals surface area contributed by atoms with Gasteiger partial charge in [0.25, 0.3) is 0 Å². The van der Waals surface area contributed by atoms with Crippen LogP contribution < -0.4 is 15.4 Å². The lowest BCUT2D eigenvalue weighted by Gasteiger charge is -2.24. The van der Waals surface area contributed by atoms with Crippen LogP contribution in [0.3, 0.4) is 0 Å². The number of rotatable bonds is 4. The maximum atomic E-state index is 13.9. The SMILES string of the molecule is COc1ccc(-c2cnn3c2NC(=O)C[C@@H]3C(=O)Nc2ccccc2F)cc1. The number of nitrogens with one attached hydrogen (secondary N) is 2. The molecule has 1 aliphatic rings. The van der Waals surface area contributed by atoms with Gasteiger partial charge in [-0.25, -0.2) is 9.07 Å². The molecule has 0 unspecified atom stereocenters. The van der Waals surface area contributed by atoms with Crippen LogP contribution in [-0.4, -0.2) is 28.7 Å². The summed E-state index contributed by atoms with van der Waals surface area (Å²) in [6.45, 7) is 0. The fraction of sp³-hybridized carbons (Fsp3) is 0.150. The minimum absolute atomic E-state index is 0.0579. The number of amides is 2. The van der Waals surface area contributed by atoms with Gasteiger partial charge in [0, 0.05) is 5.56 Å². The summed E-state index contributed by atoms with van der Waals surface area (Å²) >= 11 is 0. The highest BCUT2D eigenvalue weighted by Gasteiger charge is 2.33. The van der Waals surface area contributed by atoms with Gasteiger partial charge in [-0.2, -0.15) is 5.10 Å². The molecule has 2 amide bonds. The maximum absolute atomic E-state index is 13.9. The number of fused-ring (bicyclic) bond motifs is 1. The summed E-state index contributed by atoms with van der Waals surface area (Å²) < 4.78 is 20.5. The molecule has 28 heavy (non-hydrogen) atoms. The Labute approximate surface area is 160 Å². The number of carbonyl (C=O) groups is 2. The normalized spacial score (nSPS) is 15.5. The average Bonchev–Trinajstić information content (AvgIpc) is 3.12. The molecule has 2 heterocycles. The minimum atomic E-state index is -0.879. The van der Waals surface area contributed by atoms with Gasteiger partial charge in [0.05, 0.1) is 25.4 Å². The van der Waals surface area contributed by atoms with Crippen molar-refractivity contribution in [3.05, 3.63) is 60.5 Å². The highest BCUT2D eigenvalue weighted by atomic mass is 19.1. The summed E-state index contributed by atoms with van der Waals surface area (Å²) in [6.07, 6.45) is 1.50. The van der Waals surface area contributed by atoms with Crippen molar-refractivity contribution in [2.24, 2.45) is 0 Å². The van der Waals surface area contributed by atoms with Crippen LogP contribution in [0.25, 0.3) is 11.1 Å². The molecule has 0 saturated heterocycles. The number of carbonyl (C=O) groups excluding carboxylic acids is 2. The van der Waals surface area contributed by atoms with E-state index in [1.54, 1.807) is 31.5 Å². The first-order valence-electron chi connectivity index (χ1n) is 8.64. The van der Waals surface area contributed by atoms with Crippen molar-refractivity contribution in [3.63, 3.8) is 0 Å². The number of halogens is 1. The van der Waals surface area contributed by atoms with Crippen LogP contribution in [-0.2, 0) is 9.59 Å². The molecule has 0 bridgehead atoms. The quantitative estimate of drug-likeness (QED) is 0.728. The molecule has 1 aromatic heterocycles. The Bertz CT molecular complexity index is 1050. The van der Waals surface area contributed by atoms with E-state index in [1.807, 2.05) is 12.1 Å². The molecule has 142 valence electrons. The second kappa shape index (κ2) is 7.15. The number of nitrogens with zero attached hydrogens (tertiary/aromatic N) is 2. The molecule has 1 atom stereocenters. The van der Waals surface area contributed by atoms with Gasteiger partial charge in [0.2, 0.25) is 11.8 Å². The molecule has 2 N–H and O–H groups in total. The largest absolute Gasteiger partial charge is 0.497 e. The molecular formula is C20H17FN4O3. The van der Waals surface area contributed by atoms with Gasteiger partial charge in [-0.05, 0) is 29.8 Å². The van der Waals surface area contributed by atoms with Crippen LogP contribution in [0.4, 0.5) is 15.9 Å². The third kappa shape index (κ3) is 3.20. The number of hydrogen-bond acceptors (Lipinski definition) is 4. The first kappa shape index (κ1) is 17.7. The molecular weight excluding hydrogens is 363 g/mol. The number of benzene rings is 2. The first-order chi connectivity index (χ1) is 13.6. The van der Waals surface area contributed by atoms with E-state index in [4.69, 9.17) is 4.74 Å².